The second-order valence-electron chi connectivity index (χ2n) is 6.46. The van der Waals surface area contributed by atoms with Crippen LogP contribution in [0.5, 0.6) is 0 Å². The van der Waals surface area contributed by atoms with Gasteiger partial charge in [-0.2, -0.15) is 0 Å². The zero-order valence-electron chi connectivity index (χ0n) is 18.8. The number of ether oxygens (including phenoxy) is 1. The van der Waals surface area contributed by atoms with Gasteiger partial charge in [-0.15, -0.1) is 0 Å². The predicted molar refractivity (Wildman–Crippen MR) is 126 cm³/mol. The summed E-state index contributed by atoms with van der Waals surface area (Å²) in [6.07, 6.45) is 7.83. The summed E-state index contributed by atoms with van der Waals surface area (Å²) in [6, 6.07) is 5.91. The molecule has 0 amide bonds. The third-order valence-corrected chi connectivity index (χ3v) is 4.72. The summed E-state index contributed by atoms with van der Waals surface area (Å²) in [6.45, 7) is 19.5. The molecule has 0 saturated carbocycles. The minimum absolute atomic E-state index is 0.0591. The topological polar surface area (TPSA) is 42.1 Å². The lowest BCUT2D eigenvalue weighted by Gasteiger charge is -2.11. The number of carbonyl (C=O) groups is 1. The summed E-state index contributed by atoms with van der Waals surface area (Å²) in [4.78, 5) is 15.2. The van der Waals surface area contributed by atoms with Gasteiger partial charge in [0.1, 0.15) is 5.76 Å². The van der Waals surface area contributed by atoms with Crippen LogP contribution in [0.25, 0.3) is 17.2 Å². The summed E-state index contributed by atoms with van der Waals surface area (Å²) in [5.74, 6) is 0.671. The number of aryl methyl sites for hydroxylation is 2. The van der Waals surface area contributed by atoms with Crippen LogP contribution >= 0.6 is 0 Å². The average Bonchev–Trinajstić information content (AvgIpc) is 3.08. The van der Waals surface area contributed by atoms with Gasteiger partial charge in [-0.05, 0) is 56.5 Å². The summed E-state index contributed by atoms with van der Waals surface area (Å²) in [5, 5.41) is 0. The monoisotopic (exact) mass is 391 g/mol. The first-order chi connectivity index (χ1) is 13.8. The zero-order valence-corrected chi connectivity index (χ0v) is 18.8. The number of Topliss-reactive ketones (excluding diaryl/α,β-unsaturated/α-hetero) is 1. The summed E-state index contributed by atoms with van der Waals surface area (Å²) in [5.41, 5.74) is 7.63. The van der Waals surface area contributed by atoms with Crippen LogP contribution in [0.3, 0.4) is 0 Å². The molecule has 2 aromatic rings. The highest BCUT2D eigenvalue weighted by Gasteiger charge is 2.14. The van der Waals surface area contributed by atoms with Gasteiger partial charge in [0.05, 0.1) is 7.11 Å². The molecule has 0 atom stereocenters. The Labute approximate surface area is 175 Å². The minimum Gasteiger partial charge on any atom is -0.497 e. The third-order valence-electron chi connectivity index (χ3n) is 4.72. The lowest BCUT2D eigenvalue weighted by molar-refractivity contribution is 0.101. The molecule has 0 aliphatic carbocycles. The molecule has 1 N–H and O–H groups in total. The number of aromatic amines is 1. The maximum absolute atomic E-state index is 11.9. The van der Waals surface area contributed by atoms with E-state index < -0.39 is 0 Å². The number of nitrogens with one attached hydrogen (secondary N) is 1. The highest BCUT2D eigenvalue weighted by atomic mass is 16.5. The fourth-order valence-corrected chi connectivity index (χ4v) is 3.12. The zero-order chi connectivity index (χ0) is 22.1. The van der Waals surface area contributed by atoms with E-state index in [9.17, 15) is 4.79 Å². The molecule has 0 spiro atoms. The maximum atomic E-state index is 11.9. The van der Waals surface area contributed by atoms with E-state index in [0.717, 1.165) is 44.7 Å². The van der Waals surface area contributed by atoms with Crippen molar-refractivity contribution >= 4 is 23.0 Å². The van der Waals surface area contributed by atoms with Gasteiger partial charge in [0.15, 0.2) is 5.78 Å². The Kier molecular flexibility index (Phi) is 9.14. The number of aromatic nitrogens is 1. The fourth-order valence-electron chi connectivity index (χ4n) is 3.12. The number of hydrogen-bond donors (Lipinski definition) is 1. The van der Waals surface area contributed by atoms with Crippen LogP contribution in [-0.4, -0.2) is 17.9 Å². The maximum Gasteiger partial charge on any atom is 0.160 e. The summed E-state index contributed by atoms with van der Waals surface area (Å²) < 4.78 is 5.34. The quantitative estimate of drug-likeness (QED) is 0.309. The minimum atomic E-state index is 0.0591. The molecule has 29 heavy (non-hydrogen) atoms. The fraction of sp³-hybridized carbons (Fsp3) is 0.269. The molecule has 3 heteroatoms. The van der Waals surface area contributed by atoms with E-state index in [-0.39, 0.29) is 5.78 Å². The number of carbonyl (C=O) groups excluding carboxylic acids is 1. The second kappa shape index (κ2) is 11.1. The predicted octanol–water partition coefficient (Wildman–Crippen LogP) is 7.15. The molecule has 0 radical (unpaired) electrons. The van der Waals surface area contributed by atoms with Crippen molar-refractivity contribution in [2.24, 2.45) is 0 Å². The Morgan fingerprint density at radius 3 is 2.34 bits per heavy atom. The van der Waals surface area contributed by atoms with Crippen LogP contribution in [0.1, 0.15) is 66.0 Å². The van der Waals surface area contributed by atoms with Gasteiger partial charge in [0.2, 0.25) is 0 Å². The number of methoxy groups -OCH3 is 1. The molecule has 1 aromatic carbocycles. The highest BCUT2D eigenvalue weighted by molar-refractivity contribution is 5.98. The van der Waals surface area contributed by atoms with E-state index in [0.29, 0.717) is 5.76 Å². The van der Waals surface area contributed by atoms with Gasteiger partial charge in [0, 0.05) is 34.2 Å². The number of rotatable bonds is 7. The molecule has 154 valence electrons. The van der Waals surface area contributed by atoms with Crippen molar-refractivity contribution in [3.05, 3.63) is 89.0 Å². The van der Waals surface area contributed by atoms with Crippen LogP contribution in [0.2, 0.25) is 0 Å². The van der Waals surface area contributed by atoms with Gasteiger partial charge < -0.3 is 9.72 Å². The molecule has 1 aromatic heterocycles. The molecular formula is C26H33NO2. The Hall–Kier alpha value is -3.07. The number of ketones is 1. The van der Waals surface area contributed by atoms with E-state index in [1.807, 2.05) is 71.2 Å². The van der Waals surface area contributed by atoms with Crippen LogP contribution < -0.4 is 0 Å². The van der Waals surface area contributed by atoms with Crippen molar-refractivity contribution < 1.29 is 9.53 Å². The van der Waals surface area contributed by atoms with Gasteiger partial charge in [-0.1, -0.05) is 51.3 Å². The van der Waals surface area contributed by atoms with Gasteiger partial charge >= 0.3 is 0 Å². The van der Waals surface area contributed by atoms with Crippen molar-refractivity contribution in [1.29, 1.82) is 0 Å². The van der Waals surface area contributed by atoms with E-state index >= 15 is 0 Å². The molecule has 3 nitrogen and oxygen atoms in total. The van der Waals surface area contributed by atoms with Gasteiger partial charge in [0.25, 0.3) is 0 Å². The Bertz CT molecular complexity index is 955. The number of hydrogen-bond acceptors (Lipinski definition) is 2. The van der Waals surface area contributed by atoms with Crippen molar-refractivity contribution in [2.75, 3.05) is 7.11 Å². The van der Waals surface area contributed by atoms with Crippen molar-refractivity contribution in [3.63, 3.8) is 0 Å². The first kappa shape index (κ1) is 24.0. The van der Waals surface area contributed by atoms with Crippen LogP contribution in [0.15, 0.2) is 55.5 Å². The number of H-pyrrole nitrogens is 1. The first-order valence-corrected chi connectivity index (χ1v) is 9.88. The first-order valence-electron chi connectivity index (χ1n) is 9.88. The van der Waals surface area contributed by atoms with Crippen LogP contribution in [0, 0.1) is 13.8 Å². The molecule has 0 saturated heterocycles. The van der Waals surface area contributed by atoms with E-state index in [4.69, 9.17) is 4.74 Å². The van der Waals surface area contributed by atoms with Crippen LogP contribution in [-0.2, 0) is 4.74 Å². The molecule has 1 heterocycles. The summed E-state index contributed by atoms with van der Waals surface area (Å²) in [7, 11) is 1.62. The lowest BCUT2D eigenvalue weighted by Crippen LogP contribution is -1.97. The van der Waals surface area contributed by atoms with E-state index in [1.165, 1.54) is 0 Å². The highest BCUT2D eigenvalue weighted by Crippen LogP contribution is 2.31. The lowest BCUT2D eigenvalue weighted by atomic mass is 9.94. The Morgan fingerprint density at radius 2 is 1.83 bits per heavy atom. The molecule has 2 rings (SSSR count). The summed E-state index contributed by atoms with van der Waals surface area (Å²) >= 11 is 0. The average molecular weight is 392 g/mol. The molecular weight excluding hydrogens is 358 g/mol. The number of benzene rings is 1. The molecule has 0 aliphatic rings. The van der Waals surface area contributed by atoms with Crippen LogP contribution in [0.4, 0.5) is 0 Å². The third kappa shape index (κ3) is 5.47. The standard InChI is InChI=1S/C24H27NO2.C2H6/c1-8-19(20-11-10-15(3)22(13-20)17(5)26)12-23-16(4)25-14-24(23)21(9-2)18(6)27-7;1-2/h8-14,25H,1,6H2,2-5,7H3;1-2H3/b19-12+,21-9+;. The van der Waals surface area contributed by atoms with Gasteiger partial charge in [-0.3, -0.25) is 4.79 Å². The molecule has 0 unspecified atom stereocenters. The normalized spacial score (nSPS) is 11.4. The molecule has 0 aliphatic heterocycles. The number of allylic oxidation sites excluding steroid dienone is 4. The van der Waals surface area contributed by atoms with Crippen molar-refractivity contribution in [2.45, 2.75) is 41.5 Å². The molecule has 0 bridgehead atoms. The largest absolute Gasteiger partial charge is 0.497 e. The van der Waals surface area contributed by atoms with Crippen molar-refractivity contribution in [3.8, 4) is 0 Å². The Morgan fingerprint density at radius 1 is 1.17 bits per heavy atom. The smallest absolute Gasteiger partial charge is 0.160 e. The van der Waals surface area contributed by atoms with E-state index in [1.54, 1.807) is 14.0 Å². The molecule has 0 fully saturated rings. The SMILES string of the molecule is C=C/C(=C\c1c(/C(=C/C)C(=C)OC)c[nH]c1C)c1ccc(C)c(C(C)=O)c1.CC. The van der Waals surface area contributed by atoms with Gasteiger partial charge in [-0.25, -0.2) is 0 Å². The Balaban J connectivity index is 0.00000204. The second-order valence-corrected chi connectivity index (χ2v) is 6.46. The van der Waals surface area contributed by atoms with E-state index in [2.05, 4.69) is 24.2 Å². The van der Waals surface area contributed by atoms with Crippen molar-refractivity contribution in [1.82, 2.24) is 4.98 Å².